The molecule has 0 aromatic heterocycles. The lowest BCUT2D eigenvalue weighted by atomic mass is 10.1. The van der Waals surface area contributed by atoms with Gasteiger partial charge in [0.1, 0.15) is 5.82 Å². The first kappa shape index (κ1) is 13.4. The van der Waals surface area contributed by atoms with Gasteiger partial charge in [-0.05, 0) is 32.0 Å². The molecule has 0 aliphatic rings. The Bertz CT molecular complexity index is 333. The molecule has 0 spiro atoms. The van der Waals surface area contributed by atoms with E-state index in [0.717, 1.165) is 5.56 Å². The van der Waals surface area contributed by atoms with Gasteiger partial charge in [0.25, 0.3) is 0 Å². The maximum absolute atomic E-state index is 13.2. The Morgan fingerprint density at radius 2 is 2.25 bits per heavy atom. The van der Waals surface area contributed by atoms with E-state index in [1.165, 1.54) is 6.07 Å². The van der Waals surface area contributed by atoms with E-state index in [9.17, 15) is 4.39 Å². The first-order valence-corrected chi connectivity index (χ1v) is 5.74. The van der Waals surface area contributed by atoms with Crippen molar-refractivity contribution in [2.75, 3.05) is 20.3 Å². The standard InChI is InChI=1S/C12H17ClFNO/c1-3-16-8-10(15-2)7-9-5-4-6-11(14)12(9)13/h4-6,10,15H,3,7-8H2,1-2H3. The van der Waals surface area contributed by atoms with E-state index in [-0.39, 0.29) is 16.9 Å². The van der Waals surface area contributed by atoms with Crippen LogP contribution in [-0.4, -0.2) is 26.3 Å². The zero-order valence-electron chi connectivity index (χ0n) is 9.59. The monoisotopic (exact) mass is 245 g/mol. The Morgan fingerprint density at radius 1 is 1.50 bits per heavy atom. The zero-order chi connectivity index (χ0) is 12.0. The van der Waals surface area contributed by atoms with E-state index < -0.39 is 0 Å². The number of hydrogen-bond acceptors (Lipinski definition) is 2. The number of rotatable bonds is 6. The molecule has 0 radical (unpaired) electrons. The molecule has 1 aromatic carbocycles. The van der Waals surface area contributed by atoms with Crippen LogP contribution in [0.4, 0.5) is 4.39 Å². The van der Waals surface area contributed by atoms with Gasteiger partial charge in [0.2, 0.25) is 0 Å². The highest BCUT2D eigenvalue weighted by molar-refractivity contribution is 6.31. The second kappa shape index (κ2) is 6.84. The third kappa shape index (κ3) is 3.74. The van der Waals surface area contributed by atoms with Gasteiger partial charge < -0.3 is 10.1 Å². The van der Waals surface area contributed by atoms with E-state index in [4.69, 9.17) is 16.3 Å². The molecule has 0 bridgehead atoms. The second-order valence-corrected chi connectivity index (χ2v) is 3.94. The minimum Gasteiger partial charge on any atom is -0.380 e. The van der Waals surface area contributed by atoms with E-state index in [1.807, 2.05) is 20.0 Å². The van der Waals surface area contributed by atoms with Gasteiger partial charge in [0, 0.05) is 12.6 Å². The molecule has 4 heteroatoms. The highest BCUT2D eigenvalue weighted by Gasteiger charge is 2.11. The van der Waals surface area contributed by atoms with Crippen LogP contribution in [0.3, 0.4) is 0 Å². The van der Waals surface area contributed by atoms with Crippen molar-refractivity contribution < 1.29 is 9.13 Å². The zero-order valence-corrected chi connectivity index (χ0v) is 10.4. The molecule has 1 aromatic rings. The van der Waals surface area contributed by atoms with Gasteiger partial charge in [-0.2, -0.15) is 0 Å². The van der Waals surface area contributed by atoms with Gasteiger partial charge in [0.15, 0.2) is 0 Å². The topological polar surface area (TPSA) is 21.3 Å². The number of halogens is 2. The minimum absolute atomic E-state index is 0.152. The fourth-order valence-corrected chi connectivity index (χ4v) is 1.68. The second-order valence-electron chi connectivity index (χ2n) is 3.56. The van der Waals surface area contributed by atoms with Gasteiger partial charge in [-0.3, -0.25) is 0 Å². The number of benzene rings is 1. The molecule has 16 heavy (non-hydrogen) atoms. The van der Waals surface area contributed by atoms with Crippen LogP contribution >= 0.6 is 11.6 Å². The lowest BCUT2D eigenvalue weighted by Crippen LogP contribution is -2.32. The summed E-state index contributed by atoms with van der Waals surface area (Å²) in [5.41, 5.74) is 0.806. The predicted octanol–water partition coefficient (Wildman–Crippen LogP) is 2.65. The fourth-order valence-electron chi connectivity index (χ4n) is 1.48. The van der Waals surface area contributed by atoms with Gasteiger partial charge in [-0.15, -0.1) is 0 Å². The molecule has 0 aliphatic carbocycles. The maximum Gasteiger partial charge on any atom is 0.142 e. The van der Waals surface area contributed by atoms with E-state index in [2.05, 4.69) is 5.32 Å². The van der Waals surface area contributed by atoms with Crippen molar-refractivity contribution in [2.45, 2.75) is 19.4 Å². The lowest BCUT2D eigenvalue weighted by molar-refractivity contribution is 0.125. The molecule has 90 valence electrons. The predicted molar refractivity (Wildman–Crippen MR) is 64.5 cm³/mol. The Kier molecular flexibility index (Phi) is 5.74. The largest absolute Gasteiger partial charge is 0.380 e. The molecular formula is C12H17ClFNO. The fraction of sp³-hybridized carbons (Fsp3) is 0.500. The SMILES string of the molecule is CCOCC(Cc1cccc(F)c1Cl)NC. The summed E-state index contributed by atoms with van der Waals surface area (Å²) < 4.78 is 18.5. The minimum atomic E-state index is -0.370. The van der Waals surface area contributed by atoms with Gasteiger partial charge in [-0.1, -0.05) is 23.7 Å². The van der Waals surface area contributed by atoms with E-state index in [1.54, 1.807) is 6.07 Å². The van der Waals surface area contributed by atoms with Crippen LogP contribution < -0.4 is 5.32 Å². The number of nitrogens with one attached hydrogen (secondary N) is 1. The molecule has 1 N–H and O–H groups in total. The van der Waals surface area contributed by atoms with Crippen LogP contribution in [-0.2, 0) is 11.2 Å². The highest BCUT2D eigenvalue weighted by atomic mass is 35.5. The summed E-state index contributed by atoms with van der Waals surface area (Å²) in [6.07, 6.45) is 0.660. The number of likely N-dealkylation sites (N-methyl/N-ethyl adjacent to an activating group) is 1. The molecule has 0 aliphatic heterocycles. The van der Waals surface area contributed by atoms with Crippen molar-refractivity contribution >= 4 is 11.6 Å². The van der Waals surface area contributed by atoms with Crippen LogP contribution in [0.2, 0.25) is 5.02 Å². The van der Waals surface area contributed by atoms with E-state index >= 15 is 0 Å². The maximum atomic E-state index is 13.2. The lowest BCUT2D eigenvalue weighted by Gasteiger charge is -2.16. The quantitative estimate of drug-likeness (QED) is 0.832. The van der Waals surface area contributed by atoms with Crippen molar-refractivity contribution in [2.24, 2.45) is 0 Å². The van der Waals surface area contributed by atoms with Crippen molar-refractivity contribution in [3.8, 4) is 0 Å². The van der Waals surface area contributed by atoms with Gasteiger partial charge in [0.05, 0.1) is 11.6 Å². The summed E-state index contributed by atoms with van der Waals surface area (Å²) in [7, 11) is 1.86. The van der Waals surface area contributed by atoms with Crippen LogP contribution in [0.25, 0.3) is 0 Å². The molecule has 1 atom stereocenters. The van der Waals surface area contributed by atoms with Crippen LogP contribution in [0.1, 0.15) is 12.5 Å². The molecule has 0 heterocycles. The van der Waals surface area contributed by atoms with Crippen molar-refractivity contribution in [1.29, 1.82) is 0 Å². The van der Waals surface area contributed by atoms with Crippen LogP contribution in [0.5, 0.6) is 0 Å². The van der Waals surface area contributed by atoms with Gasteiger partial charge in [-0.25, -0.2) is 4.39 Å². The summed E-state index contributed by atoms with van der Waals surface area (Å²) in [6, 6.07) is 5.02. The molecule has 1 rings (SSSR count). The normalized spacial score (nSPS) is 12.8. The third-order valence-electron chi connectivity index (χ3n) is 2.43. The summed E-state index contributed by atoms with van der Waals surface area (Å²) in [5.74, 6) is -0.370. The summed E-state index contributed by atoms with van der Waals surface area (Å²) in [4.78, 5) is 0. The van der Waals surface area contributed by atoms with E-state index in [0.29, 0.717) is 19.6 Å². The molecule has 0 saturated carbocycles. The molecular weight excluding hydrogens is 229 g/mol. The highest BCUT2D eigenvalue weighted by Crippen LogP contribution is 2.20. The Morgan fingerprint density at radius 3 is 2.88 bits per heavy atom. The summed E-state index contributed by atoms with van der Waals surface area (Å²) in [5, 5.41) is 3.33. The first-order valence-electron chi connectivity index (χ1n) is 5.37. The molecule has 1 unspecified atom stereocenters. The first-order chi connectivity index (χ1) is 7.69. The molecule has 0 fully saturated rings. The van der Waals surface area contributed by atoms with Gasteiger partial charge >= 0.3 is 0 Å². The molecule has 0 amide bonds. The number of ether oxygens (including phenoxy) is 1. The van der Waals surface area contributed by atoms with Crippen molar-refractivity contribution in [1.82, 2.24) is 5.32 Å². The summed E-state index contributed by atoms with van der Waals surface area (Å²) >= 11 is 5.88. The van der Waals surface area contributed by atoms with Crippen LogP contribution in [0, 0.1) is 5.82 Å². The van der Waals surface area contributed by atoms with Crippen molar-refractivity contribution in [3.05, 3.63) is 34.6 Å². The molecule has 0 saturated heterocycles. The third-order valence-corrected chi connectivity index (χ3v) is 2.85. The summed E-state index contributed by atoms with van der Waals surface area (Å²) in [6.45, 7) is 3.22. The molecule has 2 nitrogen and oxygen atoms in total. The smallest absolute Gasteiger partial charge is 0.142 e. The van der Waals surface area contributed by atoms with Crippen molar-refractivity contribution in [3.63, 3.8) is 0 Å². The Balaban J connectivity index is 2.66. The van der Waals surface area contributed by atoms with Crippen LogP contribution in [0.15, 0.2) is 18.2 Å². The average Bonchev–Trinajstić information content (AvgIpc) is 2.30. The Hall–Kier alpha value is -0.640. The average molecular weight is 246 g/mol. The number of hydrogen-bond donors (Lipinski definition) is 1. The Labute approximate surface area is 101 Å².